The van der Waals surface area contributed by atoms with Crippen LogP contribution in [0.25, 0.3) is 33.8 Å². The van der Waals surface area contributed by atoms with Crippen molar-refractivity contribution < 1.29 is 18.4 Å². The van der Waals surface area contributed by atoms with E-state index in [0.29, 0.717) is 27.8 Å². The molecule has 0 amide bonds. The van der Waals surface area contributed by atoms with Gasteiger partial charge in [-0.2, -0.15) is 4.98 Å². The van der Waals surface area contributed by atoms with Crippen LogP contribution in [-0.4, -0.2) is 20.2 Å². The highest BCUT2D eigenvalue weighted by molar-refractivity contribution is 5.84. The Labute approximate surface area is 145 Å². The third kappa shape index (κ3) is 2.66. The summed E-state index contributed by atoms with van der Waals surface area (Å²) in [5.41, 5.74) is 1.28. The molecule has 8 heteroatoms. The molecule has 0 aliphatic carbocycles. The van der Waals surface area contributed by atoms with Gasteiger partial charge in [0.05, 0.1) is 12.3 Å². The Kier molecular flexibility index (Phi) is 3.81. The number of pyridine rings is 1. The van der Waals surface area contributed by atoms with Crippen LogP contribution in [0.4, 0.5) is 4.39 Å². The van der Waals surface area contributed by atoms with Gasteiger partial charge >= 0.3 is 5.63 Å². The van der Waals surface area contributed by atoms with Crippen molar-refractivity contribution >= 4 is 11.0 Å². The van der Waals surface area contributed by atoms with Gasteiger partial charge in [-0.05, 0) is 37.3 Å². The molecule has 3 heterocycles. The Morgan fingerprint density at radius 1 is 1.23 bits per heavy atom. The molecule has 130 valence electrons. The smallest absolute Gasteiger partial charge is 0.349 e. The van der Waals surface area contributed by atoms with Crippen molar-refractivity contribution in [2.75, 3.05) is 0 Å². The van der Waals surface area contributed by atoms with E-state index in [1.165, 1.54) is 36.5 Å². The predicted octanol–water partition coefficient (Wildman–Crippen LogP) is 2.84. The number of hydrogen-bond acceptors (Lipinski definition) is 7. The number of fused-ring (bicyclic) bond motifs is 1. The average molecular weight is 353 g/mol. The molecular weight excluding hydrogens is 341 g/mol. The molecule has 1 N–H and O–H groups in total. The Hall–Kier alpha value is -3.39. The van der Waals surface area contributed by atoms with Gasteiger partial charge in [0.1, 0.15) is 11.4 Å². The number of rotatable bonds is 3. The van der Waals surface area contributed by atoms with Gasteiger partial charge in [0.2, 0.25) is 5.82 Å². The van der Waals surface area contributed by atoms with E-state index in [4.69, 9.17) is 8.94 Å². The number of nitrogens with zero attached hydrogens (tertiary/aromatic N) is 3. The molecule has 3 aromatic heterocycles. The zero-order valence-electron chi connectivity index (χ0n) is 13.6. The molecule has 0 fully saturated rings. The molecule has 0 saturated heterocycles. The van der Waals surface area contributed by atoms with E-state index in [1.54, 1.807) is 6.92 Å². The van der Waals surface area contributed by atoms with Crippen LogP contribution in [0.3, 0.4) is 0 Å². The fraction of sp³-hybridized carbons (Fsp3) is 0.111. The summed E-state index contributed by atoms with van der Waals surface area (Å²) in [5, 5.41) is 13.9. The number of hydrogen-bond donors (Lipinski definition) is 1. The van der Waals surface area contributed by atoms with Gasteiger partial charge in [-0.3, -0.25) is 4.98 Å². The number of halogens is 1. The molecule has 0 aliphatic rings. The molecule has 4 aromatic rings. The molecule has 4 rings (SSSR count). The Morgan fingerprint density at radius 3 is 2.73 bits per heavy atom. The lowest BCUT2D eigenvalue weighted by Crippen LogP contribution is -2.05. The molecule has 0 spiro atoms. The van der Waals surface area contributed by atoms with Crippen molar-refractivity contribution in [3.63, 3.8) is 0 Å². The molecule has 0 atom stereocenters. The highest BCUT2D eigenvalue weighted by Crippen LogP contribution is 2.26. The minimum absolute atomic E-state index is 0.0293. The van der Waals surface area contributed by atoms with Gasteiger partial charge in [0, 0.05) is 22.7 Å². The fourth-order valence-electron chi connectivity index (χ4n) is 2.61. The third-order valence-corrected chi connectivity index (χ3v) is 3.97. The minimum atomic E-state index is -0.660. The maximum atomic E-state index is 13.0. The van der Waals surface area contributed by atoms with Gasteiger partial charge in [0.15, 0.2) is 5.58 Å². The zero-order chi connectivity index (χ0) is 18.3. The summed E-state index contributed by atoms with van der Waals surface area (Å²) in [6, 6.07) is 7.10. The zero-order valence-corrected chi connectivity index (χ0v) is 13.6. The van der Waals surface area contributed by atoms with Crippen LogP contribution in [0.1, 0.15) is 11.3 Å². The first-order chi connectivity index (χ1) is 12.6. The van der Waals surface area contributed by atoms with Crippen LogP contribution >= 0.6 is 0 Å². The molecule has 0 radical (unpaired) electrons. The van der Waals surface area contributed by atoms with Crippen molar-refractivity contribution in [1.82, 2.24) is 15.1 Å². The second-order valence-electron chi connectivity index (χ2n) is 5.65. The highest BCUT2D eigenvalue weighted by Gasteiger charge is 2.18. The molecule has 1 aromatic carbocycles. The van der Waals surface area contributed by atoms with E-state index in [0.717, 1.165) is 0 Å². The summed E-state index contributed by atoms with van der Waals surface area (Å²) in [5.74, 6) is -0.195. The normalized spacial score (nSPS) is 11.2. The quantitative estimate of drug-likeness (QED) is 0.604. The predicted molar refractivity (Wildman–Crippen MR) is 89.6 cm³/mol. The summed E-state index contributed by atoms with van der Waals surface area (Å²) >= 11 is 0. The topological polar surface area (TPSA) is 102 Å². The van der Waals surface area contributed by atoms with E-state index >= 15 is 0 Å². The van der Waals surface area contributed by atoms with Crippen molar-refractivity contribution in [2.24, 2.45) is 0 Å². The molecule has 0 bridgehead atoms. The number of aryl methyl sites for hydroxylation is 1. The lowest BCUT2D eigenvalue weighted by molar-refractivity contribution is 0.282. The summed E-state index contributed by atoms with van der Waals surface area (Å²) in [6.45, 7) is 1.44. The van der Waals surface area contributed by atoms with Crippen LogP contribution in [-0.2, 0) is 6.61 Å². The SMILES string of the molecule is Cc1ncc(CO)c2cc(-c3nc(-c4ccc(F)cc4)no3)c(=O)oc12. The van der Waals surface area contributed by atoms with Crippen molar-refractivity contribution in [2.45, 2.75) is 13.5 Å². The summed E-state index contributed by atoms with van der Waals surface area (Å²) in [6.07, 6.45) is 1.51. The van der Waals surface area contributed by atoms with Crippen molar-refractivity contribution in [3.05, 3.63) is 64.0 Å². The lowest BCUT2D eigenvalue weighted by Gasteiger charge is -2.05. The molecular formula is C18H12FN3O4. The van der Waals surface area contributed by atoms with Crippen molar-refractivity contribution in [3.8, 4) is 22.8 Å². The number of aliphatic hydroxyl groups is 1. The Bertz CT molecular complexity index is 1170. The number of aromatic nitrogens is 3. The van der Waals surface area contributed by atoms with Gasteiger partial charge < -0.3 is 14.0 Å². The second-order valence-corrected chi connectivity index (χ2v) is 5.65. The third-order valence-electron chi connectivity index (χ3n) is 3.97. The summed E-state index contributed by atoms with van der Waals surface area (Å²) in [4.78, 5) is 20.6. The molecule has 0 saturated carbocycles. The first kappa shape index (κ1) is 16.1. The highest BCUT2D eigenvalue weighted by atomic mass is 19.1. The van der Waals surface area contributed by atoms with Gasteiger partial charge in [-0.25, -0.2) is 9.18 Å². The molecule has 0 aliphatic heterocycles. The molecule has 0 unspecified atom stereocenters. The number of benzene rings is 1. The summed E-state index contributed by atoms with van der Waals surface area (Å²) < 4.78 is 23.6. The van der Waals surface area contributed by atoms with E-state index in [2.05, 4.69) is 15.1 Å². The first-order valence-corrected chi connectivity index (χ1v) is 7.70. The fourth-order valence-corrected chi connectivity index (χ4v) is 2.61. The number of aliphatic hydroxyl groups excluding tert-OH is 1. The monoisotopic (exact) mass is 353 g/mol. The van der Waals surface area contributed by atoms with E-state index in [1.807, 2.05) is 0 Å². The van der Waals surface area contributed by atoms with Crippen LogP contribution < -0.4 is 5.63 Å². The van der Waals surface area contributed by atoms with Gasteiger partial charge in [-0.1, -0.05) is 5.16 Å². The lowest BCUT2D eigenvalue weighted by atomic mass is 10.1. The second kappa shape index (κ2) is 6.16. The maximum absolute atomic E-state index is 13.0. The van der Waals surface area contributed by atoms with Gasteiger partial charge in [0.25, 0.3) is 5.89 Å². The van der Waals surface area contributed by atoms with Crippen LogP contribution in [0, 0.1) is 12.7 Å². The van der Waals surface area contributed by atoms with Gasteiger partial charge in [-0.15, -0.1) is 0 Å². The largest absolute Gasteiger partial charge is 0.420 e. The van der Waals surface area contributed by atoms with Crippen LogP contribution in [0.2, 0.25) is 0 Å². The molecule has 7 nitrogen and oxygen atoms in total. The summed E-state index contributed by atoms with van der Waals surface area (Å²) in [7, 11) is 0. The Morgan fingerprint density at radius 2 is 2.00 bits per heavy atom. The van der Waals surface area contributed by atoms with E-state index < -0.39 is 5.63 Å². The standard InChI is InChI=1S/C18H12FN3O4/c1-9-15-13(11(8-23)7-20-9)6-14(18(24)25-15)17-21-16(22-26-17)10-2-4-12(19)5-3-10/h2-7,23H,8H2,1H3. The maximum Gasteiger partial charge on any atom is 0.349 e. The average Bonchev–Trinajstić information content (AvgIpc) is 3.12. The van der Waals surface area contributed by atoms with Crippen LogP contribution in [0.15, 0.2) is 50.3 Å². The van der Waals surface area contributed by atoms with E-state index in [-0.39, 0.29) is 29.7 Å². The Balaban J connectivity index is 1.86. The minimum Gasteiger partial charge on any atom is -0.420 e. The first-order valence-electron chi connectivity index (χ1n) is 7.70. The molecule has 26 heavy (non-hydrogen) atoms. The van der Waals surface area contributed by atoms with E-state index in [9.17, 15) is 14.3 Å². The van der Waals surface area contributed by atoms with Crippen LogP contribution in [0.5, 0.6) is 0 Å². The van der Waals surface area contributed by atoms with Crippen molar-refractivity contribution in [1.29, 1.82) is 0 Å².